The molecule has 0 aliphatic carbocycles. The van der Waals surface area contributed by atoms with Gasteiger partial charge < -0.3 is 5.32 Å². The second kappa shape index (κ2) is 5.92. The molecule has 0 spiro atoms. The molecular formula is C16H15ClN2S. The highest BCUT2D eigenvalue weighted by Gasteiger charge is 2.08. The maximum atomic E-state index is 5.98. The first-order valence-corrected chi connectivity index (χ1v) is 7.75. The van der Waals surface area contributed by atoms with Gasteiger partial charge in [0.25, 0.3) is 0 Å². The van der Waals surface area contributed by atoms with Crippen molar-refractivity contribution in [3.05, 3.63) is 63.4 Å². The number of hydrogen-bond acceptors (Lipinski definition) is 3. The highest BCUT2D eigenvalue weighted by molar-refractivity contribution is 7.16. The highest BCUT2D eigenvalue weighted by Crippen LogP contribution is 2.27. The SMILES string of the molecule is CC(NCc1ccnc2ccccc12)c1ccc(Cl)s1. The van der Waals surface area contributed by atoms with E-state index in [1.807, 2.05) is 24.4 Å². The van der Waals surface area contributed by atoms with E-state index in [0.29, 0.717) is 6.04 Å². The van der Waals surface area contributed by atoms with Gasteiger partial charge in [-0.3, -0.25) is 4.98 Å². The summed E-state index contributed by atoms with van der Waals surface area (Å²) in [5.74, 6) is 0. The minimum Gasteiger partial charge on any atom is -0.305 e. The maximum Gasteiger partial charge on any atom is 0.0931 e. The van der Waals surface area contributed by atoms with Crippen LogP contribution in [0.25, 0.3) is 10.9 Å². The third-order valence-corrected chi connectivity index (χ3v) is 4.77. The topological polar surface area (TPSA) is 24.9 Å². The first-order chi connectivity index (χ1) is 9.74. The number of halogens is 1. The van der Waals surface area contributed by atoms with Gasteiger partial charge in [-0.1, -0.05) is 29.8 Å². The molecule has 0 fully saturated rings. The van der Waals surface area contributed by atoms with E-state index in [4.69, 9.17) is 11.6 Å². The normalized spacial score (nSPS) is 12.7. The highest BCUT2D eigenvalue weighted by atomic mass is 35.5. The molecule has 20 heavy (non-hydrogen) atoms. The second-order valence-corrected chi connectivity index (χ2v) is 6.48. The standard InChI is InChI=1S/C16H15ClN2S/c1-11(15-6-7-16(17)20-15)19-10-12-8-9-18-14-5-3-2-4-13(12)14/h2-9,11,19H,10H2,1H3. The summed E-state index contributed by atoms with van der Waals surface area (Å²) >= 11 is 7.61. The smallest absolute Gasteiger partial charge is 0.0931 e. The number of pyridine rings is 1. The van der Waals surface area contributed by atoms with Crippen molar-refractivity contribution in [2.24, 2.45) is 0 Å². The quantitative estimate of drug-likeness (QED) is 0.749. The molecule has 0 bridgehead atoms. The summed E-state index contributed by atoms with van der Waals surface area (Å²) in [7, 11) is 0. The van der Waals surface area contributed by atoms with Crippen LogP contribution in [0.5, 0.6) is 0 Å². The van der Waals surface area contributed by atoms with E-state index < -0.39 is 0 Å². The van der Waals surface area contributed by atoms with Gasteiger partial charge in [-0.25, -0.2) is 0 Å². The number of benzene rings is 1. The van der Waals surface area contributed by atoms with Crippen LogP contribution in [0.15, 0.2) is 48.7 Å². The van der Waals surface area contributed by atoms with E-state index in [9.17, 15) is 0 Å². The lowest BCUT2D eigenvalue weighted by atomic mass is 10.1. The molecule has 4 heteroatoms. The van der Waals surface area contributed by atoms with E-state index in [1.165, 1.54) is 15.8 Å². The lowest BCUT2D eigenvalue weighted by Crippen LogP contribution is -2.17. The summed E-state index contributed by atoms with van der Waals surface area (Å²) in [6.45, 7) is 2.98. The van der Waals surface area contributed by atoms with Crippen LogP contribution in [-0.4, -0.2) is 4.98 Å². The van der Waals surface area contributed by atoms with Gasteiger partial charge in [0, 0.05) is 29.0 Å². The fourth-order valence-corrected chi connectivity index (χ4v) is 3.32. The van der Waals surface area contributed by atoms with Crippen molar-refractivity contribution in [1.29, 1.82) is 0 Å². The Morgan fingerprint density at radius 3 is 2.85 bits per heavy atom. The maximum absolute atomic E-state index is 5.98. The Morgan fingerprint density at radius 2 is 2.05 bits per heavy atom. The Bertz CT molecular complexity index is 718. The molecule has 1 aromatic carbocycles. The Kier molecular flexibility index (Phi) is 4.01. The Balaban J connectivity index is 1.77. The van der Waals surface area contributed by atoms with Gasteiger partial charge in [0.2, 0.25) is 0 Å². The average Bonchev–Trinajstić information content (AvgIpc) is 2.91. The minimum atomic E-state index is 0.291. The zero-order valence-corrected chi connectivity index (χ0v) is 12.7. The van der Waals surface area contributed by atoms with Crippen LogP contribution < -0.4 is 5.32 Å². The molecule has 102 valence electrons. The van der Waals surface area contributed by atoms with Crippen molar-refractivity contribution in [3.63, 3.8) is 0 Å². The zero-order valence-electron chi connectivity index (χ0n) is 11.1. The fraction of sp³-hybridized carbons (Fsp3) is 0.188. The number of fused-ring (bicyclic) bond motifs is 1. The van der Waals surface area contributed by atoms with E-state index >= 15 is 0 Å². The van der Waals surface area contributed by atoms with Gasteiger partial charge in [-0.15, -0.1) is 11.3 Å². The van der Waals surface area contributed by atoms with Gasteiger partial charge in [0.15, 0.2) is 0 Å². The molecule has 0 saturated carbocycles. The number of thiophene rings is 1. The van der Waals surface area contributed by atoms with Gasteiger partial charge >= 0.3 is 0 Å². The summed E-state index contributed by atoms with van der Waals surface area (Å²) in [5, 5.41) is 4.75. The van der Waals surface area contributed by atoms with Crippen LogP contribution >= 0.6 is 22.9 Å². The van der Waals surface area contributed by atoms with Crippen LogP contribution in [0, 0.1) is 0 Å². The summed E-state index contributed by atoms with van der Waals surface area (Å²) in [5.41, 5.74) is 2.31. The molecular weight excluding hydrogens is 288 g/mol. The van der Waals surface area contributed by atoms with E-state index in [0.717, 1.165) is 16.4 Å². The summed E-state index contributed by atoms with van der Waals surface area (Å²) < 4.78 is 0.836. The first kappa shape index (κ1) is 13.6. The summed E-state index contributed by atoms with van der Waals surface area (Å²) in [6.07, 6.45) is 1.87. The molecule has 2 heterocycles. The molecule has 3 aromatic rings. The van der Waals surface area contributed by atoms with Crippen LogP contribution in [0.3, 0.4) is 0 Å². The van der Waals surface area contributed by atoms with Crippen LogP contribution in [0.2, 0.25) is 4.34 Å². The predicted molar refractivity (Wildman–Crippen MR) is 86.3 cm³/mol. The molecule has 0 amide bonds. The fourth-order valence-electron chi connectivity index (χ4n) is 2.23. The summed E-state index contributed by atoms with van der Waals surface area (Å²) in [4.78, 5) is 5.65. The predicted octanol–water partition coefficient (Wildman–Crippen LogP) is 4.80. The van der Waals surface area contributed by atoms with Crippen LogP contribution in [0.1, 0.15) is 23.4 Å². The number of aromatic nitrogens is 1. The number of hydrogen-bond donors (Lipinski definition) is 1. The monoisotopic (exact) mass is 302 g/mol. The largest absolute Gasteiger partial charge is 0.305 e. The minimum absolute atomic E-state index is 0.291. The molecule has 0 aliphatic rings. The molecule has 0 radical (unpaired) electrons. The van der Waals surface area contributed by atoms with Crippen LogP contribution in [-0.2, 0) is 6.54 Å². The molecule has 0 saturated heterocycles. The van der Waals surface area contributed by atoms with E-state index in [2.05, 4.69) is 41.5 Å². The van der Waals surface area contributed by atoms with Gasteiger partial charge in [-0.2, -0.15) is 0 Å². The Labute approximate surface area is 127 Å². The molecule has 1 unspecified atom stereocenters. The molecule has 1 N–H and O–H groups in total. The van der Waals surface area contributed by atoms with Crippen molar-refractivity contribution in [3.8, 4) is 0 Å². The third-order valence-electron chi connectivity index (χ3n) is 3.36. The zero-order chi connectivity index (χ0) is 13.9. The number of para-hydroxylation sites is 1. The van der Waals surface area contributed by atoms with E-state index in [-0.39, 0.29) is 0 Å². The lowest BCUT2D eigenvalue weighted by molar-refractivity contribution is 0.584. The average molecular weight is 303 g/mol. The molecule has 2 aromatic heterocycles. The third kappa shape index (κ3) is 2.85. The molecule has 1 atom stereocenters. The van der Waals surface area contributed by atoms with Crippen LogP contribution in [0.4, 0.5) is 0 Å². The van der Waals surface area contributed by atoms with E-state index in [1.54, 1.807) is 11.3 Å². The van der Waals surface area contributed by atoms with Crippen molar-refractivity contribution in [2.45, 2.75) is 19.5 Å². The molecule has 0 aliphatic heterocycles. The van der Waals surface area contributed by atoms with Gasteiger partial charge in [-0.05, 0) is 36.8 Å². The number of nitrogens with one attached hydrogen (secondary N) is 1. The lowest BCUT2D eigenvalue weighted by Gasteiger charge is -2.13. The second-order valence-electron chi connectivity index (χ2n) is 4.73. The molecule has 3 rings (SSSR count). The van der Waals surface area contributed by atoms with Gasteiger partial charge in [0.05, 0.1) is 9.85 Å². The summed E-state index contributed by atoms with van der Waals surface area (Å²) in [6, 6.07) is 14.6. The Morgan fingerprint density at radius 1 is 1.20 bits per heavy atom. The van der Waals surface area contributed by atoms with Gasteiger partial charge in [0.1, 0.15) is 0 Å². The first-order valence-electron chi connectivity index (χ1n) is 6.55. The Hall–Kier alpha value is -1.42. The number of rotatable bonds is 4. The van der Waals surface area contributed by atoms with Crippen molar-refractivity contribution in [2.75, 3.05) is 0 Å². The molecule has 2 nitrogen and oxygen atoms in total. The van der Waals surface area contributed by atoms with Crippen molar-refractivity contribution in [1.82, 2.24) is 10.3 Å². The number of nitrogens with zero attached hydrogens (tertiary/aromatic N) is 1. The van der Waals surface area contributed by atoms with Crippen molar-refractivity contribution >= 4 is 33.8 Å². The van der Waals surface area contributed by atoms with Crippen molar-refractivity contribution < 1.29 is 0 Å².